The molecule has 0 fully saturated rings. The van der Waals surface area contributed by atoms with Crippen LogP contribution in [0.1, 0.15) is 28.6 Å². The van der Waals surface area contributed by atoms with Crippen LogP contribution < -0.4 is 5.32 Å². The molecule has 0 saturated carbocycles. The summed E-state index contributed by atoms with van der Waals surface area (Å²) in [5.74, 6) is -0.238. The molecule has 142 valence electrons. The summed E-state index contributed by atoms with van der Waals surface area (Å²) in [6, 6.07) is 17.3. The van der Waals surface area contributed by atoms with Gasteiger partial charge in [0.1, 0.15) is 5.82 Å². The van der Waals surface area contributed by atoms with Crippen molar-refractivity contribution in [3.63, 3.8) is 0 Å². The van der Waals surface area contributed by atoms with E-state index in [0.717, 1.165) is 30.2 Å². The third-order valence-corrected chi connectivity index (χ3v) is 4.96. The predicted molar refractivity (Wildman–Crippen MR) is 108 cm³/mol. The molecule has 3 rings (SSSR count). The molecular formula is C22H27FN4. The molecule has 0 aliphatic heterocycles. The second kappa shape index (κ2) is 8.46. The highest BCUT2D eigenvalue weighted by Gasteiger charge is 2.16. The number of benzene rings is 2. The summed E-state index contributed by atoms with van der Waals surface area (Å²) in [5.41, 5.74) is 5.42. The van der Waals surface area contributed by atoms with Crippen molar-refractivity contribution in [2.24, 2.45) is 0 Å². The molecule has 0 aliphatic rings. The Morgan fingerprint density at radius 1 is 1.04 bits per heavy atom. The minimum atomic E-state index is -0.238. The van der Waals surface area contributed by atoms with E-state index in [-0.39, 0.29) is 5.82 Å². The highest BCUT2D eigenvalue weighted by atomic mass is 19.1. The van der Waals surface area contributed by atoms with Crippen LogP contribution in [0.25, 0.3) is 5.69 Å². The van der Waals surface area contributed by atoms with Crippen LogP contribution in [0.2, 0.25) is 0 Å². The second-order valence-corrected chi connectivity index (χ2v) is 7.06. The molecule has 27 heavy (non-hydrogen) atoms. The molecule has 5 heteroatoms. The Bertz CT molecular complexity index is 869. The molecular weight excluding hydrogens is 339 g/mol. The summed E-state index contributed by atoms with van der Waals surface area (Å²) < 4.78 is 15.1. The summed E-state index contributed by atoms with van der Waals surface area (Å²) in [6.07, 6.45) is 0. The van der Waals surface area contributed by atoms with Crippen molar-refractivity contribution in [3.05, 3.63) is 82.9 Å². The van der Waals surface area contributed by atoms with Gasteiger partial charge in [-0.05, 0) is 57.8 Å². The molecule has 0 radical (unpaired) electrons. The second-order valence-electron chi connectivity index (χ2n) is 7.06. The third-order valence-electron chi connectivity index (χ3n) is 4.96. The average Bonchev–Trinajstić information content (AvgIpc) is 2.94. The van der Waals surface area contributed by atoms with Crippen molar-refractivity contribution >= 4 is 0 Å². The Balaban J connectivity index is 1.72. The van der Waals surface area contributed by atoms with Crippen molar-refractivity contribution in [2.45, 2.75) is 26.4 Å². The van der Waals surface area contributed by atoms with E-state index in [9.17, 15) is 4.39 Å². The molecule has 0 bridgehead atoms. The van der Waals surface area contributed by atoms with Gasteiger partial charge in [-0.15, -0.1) is 0 Å². The maximum absolute atomic E-state index is 13.2. The van der Waals surface area contributed by atoms with E-state index in [1.54, 1.807) is 12.1 Å². The Morgan fingerprint density at radius 2 is 1.70 bits per heavy atom. The molecule has 0 unspecified atom stereocenters. The van der Waals surface area contributed by atoms with E-state index >= 15 is 0 Å². The molecule has 2 aromatic carbocycles. The molecule has 1 aromatic heterocycles. The number of halogens is 1. The first kappa shape index (κ1) is 19.3. The first-order valence-electron chi connectivity index (χ1n) is 9.20. The quantitative estimate of drug-likeness (QED) is 0.686. The van der Waals surface area contributed by atoms with Crippen LogP contribution in [0.15, 0.2) is 54.6 Å². The zero-order valence-corrected chi connectivity index (χ0v) is 16.4. The zero-order chi connectivity index (χ0) is 19.4. The van der Waals surface area contributed by atoms with E-state index in [1.807, 2.05) is 17.7 Å². The van der Waals surface area contributed by atoms with E-state index in [1.165, 1.54) is 23.3 Å². The van der Waals surface area contributed by atoms with Crippen LogP contribution in [0.4, 0.5) is 4.39 Å². The van der Waals surface area contributed by atoms with Gasteiger partial charge in [-0.1, -0.05) is 30.3 Å². The summed E-state index contributed by atoms with van der Waals surface area (Å²) in [6.45, 7) is 5.67. The first-order valence-corrected chi connectivity index (χ1v) is 9.20. The lowest BCUT2D eigenvalue weighted by Crippen LogP contribution is -2.31. The van der Waals surface area contributed by atoms with E-state index in [0.29, 0.717) is 6.04 Å². The van der Waals surface area contributed by atoms with Gasteiger partial charge in [0, 0.05) is 30.4 Å². The Hall–Kier alpha value is -2.50. The highest BCUT2D eigenvalue weighted by molar-refractivity contribution is 5.37. The molecule has 0 saturated heterocycles. The number of likely N-dealkylation sites (N-methyl/N-ethyl adjacent to an activating group) is 1. The first-order chi connectivity index (χ1) is 13.0. The van der Waals surface area contributed by atoms with E-state index < -0.39 is 0 Å². The molecule has 1 atom stereocenters. The lowest BCUT2D eigenvalue weighted by atomic mass is 10.1. The molecule has 4 nitrogen and oxygen atoms in total. The maximum Gasteiger partial charge on any atom is 0.123 e. The smallest absolute Gasteiger partial charge is 0.123 e. The van der Waals surface area contributed by atoms with Crippen LogP contribution in [0.5, 0.6) is 0 Å². The fourth-order valence-corrected chi connectivity index (χ4v) is 3.37. The van der Waals surface area contributed by atoms with Crippen LogP contribution in [0.3, 0.4) is 0 Å². The largest absolute Gasteiger partial charge is 0.311 e. The van der Waals surface area contributed by atoms with Crippen LogP contribution in [0, 0.1) is 19.7 Å². The van der Waals surface area contributed by atoms with Gasteiger partial charge in [0.25, 0.3) is 0 Å². The van der Waals surface area contributed by atoms with Gasteiger partial charge in [0.2, 0.25) is 0 Å². The van der Waals surface area contributed by atoms with Crippen molar-refractivity contribution < 1.29 is 4.39 Å². The van der Waals surface area contributed by atoms with Crippen molar-refractivity contribution in [1.29, 1.82) is 0 Å². The van der Waals surface area contributed by atoms with Gasteiger partial charge in [-0.3, -0.25) is 0 Å². The van der Waals surface area contributed by atoms with Gasteiger partial charge in [-0.25, -0.2) is 9.07 Å². The molecule has 0 aliphatic carbocycles. The molecule has 0 amide bonds. The normalized spacial score (nSPS) is 12.5. The monoisotopic (exact) mass is 366 g/mol. The Kier molecular flexibility index (Phi) is 6.04. The molecule has 0 spiro atoms. The fourth-order valence-electron chi connectivity index (χ4n) is 3.37. The van der Waals surface area contributed by atoms with Gasteiger partial charge in [0.05, 0.1) is 11.4 Å². The van der Waals surface area contributed by atoms with Gasteiger partial charge >= 0.3 is 0 Å². The standard InChI is InChI=1S/C22H27FN4/c1-16-21(17(2)27(25-16)20-12-10-19(23)11-13-20)14-24-15-22(26(3)4)18-8-6-5-7-9-18/h5-13,22,24H,14-15H2,1-4H3/t22-/m1/s1. The summed E-state index contributed by atoms with van der Waals surface area (Å²) in [5, 5.41) is 8.23. The molecule has 1 N–H and O–H groups in total. The summed E-state index contributed by atoms with van der Waals surface area (Å²) in [4.78, 5) is 2.23. The third kappa shape index (κ3) is 4.43. The van der Waals surface area contributed by atoms with Gasteiger partial charge in [-0.2, -0.15) is 5.10 Å². The number of hydrogen-bond donors (Lipinski definition) is 1. The average molecular weight is 366 g/mol. The minimum Gasteiger partial charge on any atom is -0.311 e. The van der Waals surface area contributed by atoms with Crippen LogP contribution in [-0.4, -0.2) is 35.3 Å². The lowest BCUT2D eigenvalue weighted by molar-refractivity contribution is 0.288. The number of nitrogens with one attached hydrogen (secondary N) is 1. The number of aromatic nitrogens is 2. The minimum absolute atomic E-state index is 0.238. The maximum atomic E-state index is 13.2. The number of rotatable bonds is 7. The predicted octanol–water partition coefficient (Wildman–Crippen LogP) is 4.02. The molecule has 1 heterocycles. The molecule has 3 aromatic rings. The highest BCUT2D eigenvalue weighted by Crippen LogP contribution is 2.20. The number of nitrogens with zero attached hydrogens (tertiary/aromatic N) is 3. The Labute approximate surface area is 160 Å². The SMILES string of the molecule is Cc1nn(-c2ccc(F)cc2)c(C)c1CNC[C@H](c1ccccc1)N(C)C. The van der Waals surface area contributed by atoms with Crippen molar-refractivity contribution in [1.82, 2.24) is 20.0 Å². The van der Waals surface area contributed by atoms with Gasteiger partial charge < -0.3 is 10.2 Å². The topological polar surface area (TPSA) is 33.1 Å². The van der Waals surface area contributed by atoms with Crippen molar-refractivity contribution in [2.75, 3.05) is 20.6 Å². The van der Waals surface area contributed by atoms with Gasteiger partial charge in [0.15, 0.2) is 0 Å². The van der Waals surface area contributed by atoms with E-state index in [4.69, 9.17) is 0 Å². The fraction of sp³-hybridized carbons (Fsp3) is 0.318. The zero-order valence-electron chi connectivity index (χ0n) is 16.4. The van der Waals surface area contributed by atoms with E-state index in [2.05, 4.69) is 60.6 Å². The summed E-state index contributed by atoms with van der Waals surface area (Å²) >= 11 is 0. The number of aryl methyl sites for hydroxylation is 1. The van der Waals surface area contributed by atoms with Crippen LogP contribution >= 0.6 is 0 Å². The van der Waals surface area contributed by atoms with Crippen molar-refractivity contribution in [3.8, 4) is 5.69 Å². The number of hydrogen-bond acceptors (Lipinski definition) is 3. The Morgan fingerprint density at radius 3 is 2.33 bits per heavy atom. The summed E-state index contributed by atoms with van der Waals surface area (Å²) in [7, 11) is 4.20. The van der Waals surface area contributed by atoms with Crippen LogP contribution in [-0.2, 0) is 6.54 Å². The lowest BCUT2D eigenvalue weighted by Gasteiger charge is -2.25.